The Morgan fingerprint density at radius 1 is 1.10 bits per heavy atom. The molecule has 0 aromatic rings. The summed E-state index contributed by atoms with van der Waals surface area (Å²) in [4.78, 5) is 32.0. The molecular formula is C18H36N3O6PS2. The van der Waals surface area contributed by atoms with Crippen LogP contribution < -0.4 is 10.7 Å². The zero-order chi connectivity index (χ0) is 22.5. The van der Waals surface area contributed by atoms with Crippen molar-refractivity contribution >= 4 is 47.2 Å². The van der Waals surface area contributed by atoms with Crippen molar-refractivity contribution in [3.63, 3.8) is 0 Å². The van der Waals surface area contributed by atoms with Crippen molar-refractivity contribution in [2.24, 2.45) is 5.10 Å². The second-order valence-electron chi connectivity index (χ2n) is 6.48. The van der Waals surface area contributed by atoms with Crippen LogP contribution in [0.1, 0.15) is 51.9 Å². The summed E-state index contributed by atoms with van der Waals surface area (Å²) < 4.78 is 20.9. The number of nitrogens with one attached hydrogen (secondary N) is 2. The summed E-state index contributed by atoms with van der Waals surface area (Å²) in [5, 5.41) is 6.56. The molecule has 0 saturated carbocycles. The first kappa shape index (κ1) is 29.4. The molecule has 12 heteroatoms. The van der Waals surface area contributed by atoms with E-state index in [1.54, 1.807) is 27.8 Å². The maximum absolute atomic E-state index is 11.7. The Morgan fingerprint density at radius 3 is 2.57 bits per heavy atom. The molecule has 0 aliphatic carbocycles. The van der Waals surface area contributed by atoms with Crippen LogP contribution in [-0.2, 0) is 23.4 Å². The largest absolute Gasteiger partial charge is 0.372 e. The van der Waals surface area contributed by atoms with Crippen LogP contribution in [0.15, 0.2) is 5.10 Å². The summed E-state index contributed by atoms with van der Waals surface area (Å²) in [5.74, 6) is 1.44. The molecule has 0 aromatic carbocycles. The van der Waals surface area contributed by atoms with Crippen molar-refractivity contribution in [1.29, 1.82) is 0 Å². The summed E-state index contributed by atoms with van der Waals surface area (Å²) in [6.07, 6.45) is 7.27. The van der Waals surface area contributed by atoms with E-state index in [0.29, 0.717) is 32.6 Å². The molecular weight excluding hydrogens is 449 g/mol. The maximum atomic E-state index is 11.7. The summed E-state index contributed by atoms with van der Waals surface area (Å²) in [7, 11) is 0.0648. The van der Waals surface area contributed by atoms with Crippen molar-refractivity contribution in [3.05, 3.63) is 0 Å². The molecule has 1 unspecified atom stereocenters. The van der Waals surface area contributed by atoms with Crippen molar-refractivity contribution in [2.45, 2.75) is 51.9 Å². The molecule has 176 valence electrons. The summed E-state index contributed by atoms with van der Waals surface area (Å²) in [6, 6.07) is 0. The lowest BCUT2D eigenvalue weighted by Gasteiger charge is -2.06. The number of hydrazone groups is 1. The van der Waals surface area contributed by atoms with E-state index in [1.807, 2.05) is 6.92 Å². The highest BCUT2D eigenvalue weighted by molar-refractivity contribution is 8.76. The maximum Gasteiger partial charge on any atom is 0.325 e. The van der Waals surface area contributed by atoms with Crippen molar-refractivity contribution in [2.75, 3.05) is 44.5 Å². The zero-order valence-corrected chi connectivity index (χ0v) is 20.5. The number of unbranched alkanes of at least 4 members (excludes halogenated alkanes) is 3. The van der Waals surface area contributed by atoms with Gasteiger partial charge < -0.3 is 19.5 Å². The van der Waals surface area contributed by atoms with Crippen LogP contribution in [0, 0.1) is 0 Å². The van der Waals surface area contributed by atoms with E-state index in [9.17, 15) is 14.2 Å². The van der Waals surface area contributed by atoms with Crippen LogP contribution in [0.4, 0.5) is 0 Å². The van der Waals surface area contributed by atoms with Crippen LogP contribution in [0.5, 0.6) is 0 Å². The Balaban J connectivity index is 3.38. The Kier molecular flexibility index (Phi) is 19.9. The van der Waals surface area contributed by atoms with Gasteiger partial charge in [0.2, 0.25) is 11.8 Å². The number of nitrogens with zero attached hydrogens (tertiary/aromatic N) is 1. The van der Waals surface area contributed by atoms with E-state index < -0.39 is 7.60 Å². The van der Waals surface area contributed by atoms with Gasteiger partial charge in [-0.1, -0.05) is 41.4 Å². The molecule has 0 fully saturated rings. The number of hydrogen-bond donors (Lipinski definition) is 3. The molecule has 0 bridgehead atoms. The van der Waals surface area contributed by atoms with Crippen LogP contribution in [-0.4, -0.2) is 67.5 Å². The fourth-order valence-electron chi connectivity index (χ4n) is 1.98. The Morgan fingerprint density at radius 2 is 1.83 bits per heavy atom. The molecule has 0 radical (unpaired) electrons. The van der Waals surface area contributed by atoms with Crippen LogP contribution in [0.3, 0.4) is 0 Å². The monoisotopic (exact) mass is 485 g/mol. The van der Waals surface area contributed by atoms with Gasteiger partial charge in [-0.3, -0.25) is 14.2 Å². The third kappa shape index (κ3) is 23.7. The molecule has 0 spiro atoms. The van der Waals surface area contributed by atoms with Gasteiger partial charge in [0.05, 0.1) is 6.61 Å². The average molecular weight is 486 g/mol. The minimum atomic E-state index is -3.34. The van der Waals surface area contributed by atoms with Gasteiger partial charge in [-0.2, -0.15) is 5.10 Å². The second kappa shape index (κ2) is 20.3. The van der Waals surface area contributed by atoms with Gasteiger partial charge in [-0.15, -0.1) is 0 Å². The third-order valence-corrected chi connectivity index (χ3v) is 6.56. The van der Waals surface area contributed by atoms with Gasteiger partial charge in [0.1, 0.15) is 6.61 Å². The van der Waals surface area contributed by atoms with E-state index in [0.717, 1.165) is 43.6 Å². The number of rotatable bonds is 20. The number of hydrogen-bond acceptors (Lipinski definition) is 8. The Bertz CT molecular complexity index is 534. The Hall–Kier alpha value is -0.580. The zero-order valence-electron chi connectivity index (χ0n) is 18.0. The highest BCUT2D eigenvalue weighted by atomic mass is 33.1. The molecule has 0 aliphatic rings. The highest BCUT2D eigenvalue weighted by Crippen LogP contribution is 2.36. The van der Waals surface area contributed by atoms with Gasteiger partial charge >= 0.3 is 7.60 Å². The molecule has 0 saturated heterocycles. The van der Waals surface area contributed by atoms with E-state index >= 15 is 0 Å². The number of carbonyl (C=O) groups excluding carboxylic acids is 2. The lowest BCUT2D eigenvalue weighted by molar-refractivity contribution is -0.125. The fourth-order valence-corrected chi connectivity index (χ4v) is 4.58. The molecule has 0 heterocycles. The first-order chi connectivity index (χ1) is 14.3. The molecule has 30 heavy (non-hydrogen) atoms. The van der Waals surface area contributed by atoms with Gasteiger partial charge in [-0.05, 0) is 19.3 Å². The first-order valence-electron chi connectivity index (χ1n) is 10.2. The molecule has 2 amide bonds. The van der Waals surface area contributed by atoms with Gasteiger partial charge in [0.15, 0.2) is 0 Å². The van der Waals surface area contributed by atoms with Crippen LogP contribution in [0.25, 0.3) is 0 Å². The first-order valence-corrected chi connectivity index (χ1v) is 14.7. The van der Waals surface area contributed by atoms with Crippen molar-refractivity contribution < 1.29 is 28.3 Å². The van der Waals surface area contributed by atoms with Crippen molar-refractivity contribution in [1.82, 2.24) is 10.7 Å². The minimum Gasteiger partial charge on any atom is -0.372 e. The second-order valence-corrected chi connectivity index (χ2v) is 11.0. The van der Waals surface area contributed by atoms with Crippen LogP contribution >= 0.6 is 29.2 Å². The molecule has 3 N–H and O–H groups in total. The standard InChI is InChI=1S/C18H36N3O6PS2/c1-3-12-26-16-18(23)19-10-8-11-20-21-17(22)9-15-30-29-14-7-5-4-6-13-27-28(2,24)25/h11H,3-10,12-16H2,1-2H3,(H,19,23)(H,21,22)(H,24,25)/b20-11+. The SMILES string of the molecule is CCCOCC(=O)NCC/C=N/NC(=O)CCSSCCCCCCOP(C)(=O)O. The molecule has 0 rings (SSSR count). The minimum absolute atomic E-state index is 0.0695. The number of amides is 2. The fraction of sp³-hybridized carbons (Fsp3) is 0.833. The molecule has 0 aliphatic heterocycles. The van der Waals surface area contributed by atoms with Gasteiger partial charge in [-0.25, -0.2) is 5.43 Å². The highest BCUT2D eigenvalue weighted by Gasteiger charge is 2.08. The lowest BCUT2D eigenvalue weighted by Crippen LogP contribution is -2.29. The lowest BCUT2D eigenvalue weighted by atomic mass is 10.2. The number of carbonyl (C=O) groups is 2. The summed E-state index contributed by atoms with van der Waals surface area (Å²) >= 11 is 0. The third-order valence-electron chi connectivity index (χ3n) is 3.41. The predicted molar refractivity (Wildman–Crippen MR) is 125 cm³/mol. The van der Waals surface area contributed by atoms with E-state index in [2.05, 4.69) is 15.8 Å². The molecule has 9 nitrogen and oxygen atoms in total. The topological polar surface area (TPSA) is 126 Å². The van der Waals surface area contributed by atoms with Crippen molar-refractivity contribution in [3.8, 4) is 0 Å². The number of ether oxygens (including phenoxy) is 1. The smallest absolute Gasteiger partial charge is 0.325 e. The predicted octanol–water partition coefficient (Wildman–Crippen LogP) is 3.19. The molecule has 1 atom stereocenters. The van der Waals surface area contributed by atoms with E-state index in [1.165, 1.54) is 6.66 Å². The van der Waals surface area contributed by atoms with Crippen LogP contribution in [0.2, 0.25) is 0 Å². The molecule has 0 aromatic heterocycles. The quantitative estimate of drug-likeness (QED) is 0.0789. The Labute approximate surface area is 187 Å². The van der Waals surface area contributed by atoms with E-state index in [-0.39, 0.29) is 18.4 Å². The average Bonchev–Trinajstić information content (AvgIpc) is 2.68. The normalized spacial score (nSPS) is 13.3. The summed E-state index contributed by atoms with van der Waals surface area (Å²) in [5.41, 5.74) is 2.47. The van der Waals surface area contributed by atoms with E-state index in [4.69, 9.17) is 14.2 Å². The van der Waals surface area contributed by atoms with Gasteiger partial charge in [0.25, 0.3) is 0 Å². The van der Waals surface area contributed by atoms with Gasteiger partial charge in [0, 0.05) is 50.4 Å². The summed E-state index contributed by atoms with van der Waals surface area (Å²) in [6.45, 7) is 4.60.